The first-order valence-electron chi connectivity index (χ1n) is 8.54. The highest BCUT2D eigenvalue weighted by molar-refractivity contribution is 7.89. The van der Waals surface area contributed by atoms with Crippen molar-refractivity contribution in [3.05, 3.63) is 41.0 Å². The lowest BCUT2D eigenvalue weighted by atomic mass is 10.0. The molecule has 1 aromatic heterocycles. The predicted octanol–water partition coefficient (Wildman–Crippen LogP) is 1.37. The lowest BCUT2D eigenvalue weighted by molar-refractivity contribution is -0.142. The first kappa shape index (κ1) is 18.5. The van der Waals surface area contributed by atoms with Gasteiger partial charge < -0.3 is 9.67 Å². The van der Waals surface area contributed by atoms with Crippen molar-refractivity contribution in [2.75, 3.05) is 0 Å². The minimum atomic E-state index is -3.98. The van der Waals surface area contributed by atoms with Gasteiger partial charge in [-0.05, 0) is 43.0 Å². The second-order valence-electron chi connectivity index (χ2n) is 6.32. The molecule has 0 saturated carbocycles. The number of carboxylic acids is 1. The van der Waals surface area contributed by atoms with Crippen molar-refractivity contribution in [3.8, 4) is 0 Å². The van der Waals surface area contributed by atoms with Crippen LogP contribution < -0.4 is 0 Å². The van der Waals surface area contributed by atoms with Crippen LogP contribution >= 0.6 is 0 Å². The van der Waals surface area contributed by atoms with Crippen LogP contribution in [0.2, 0.25) is 0 Å². The zero-order valence-electron chi connectivity index (χ0n) is 15.0. The molecule has 0 aliphatic carbocycles. The molecule has 2 heterocycles. The van der Waals surface area contributed by atoms with E-state index < -0.39 is 22.0 Å². The van der Waals surface area contributed by atoms with E-state index in [1.165, 1.54) is 0 Å². The molecule has 0 radical (unpaired) electrons. The Kier molecular flexibility index (Phi) is 4.85. The Bertz CT molecular complexity index is 952. The third kappa shape index (κ3) is 3.01. The SMILES string of the molecule is CCc1ccc(S(=O)(=O)N2Cc3nnc(C)n3CC2C(=O)O)cc1CC. The molecule has 0 amide bonds. The van der Waals surface area contributed by atoms with Crippen LogP contribution in [0.25, 0.3) is 0 Å². The summed E-state index contributed by atoms with van der Waals surface area (Å²) in [5.74, 6) is -0.165. The molecule has 1 N–H and O–H groups in total. The molecule has 1 aliphatic rings. The Morgan fingerprint density at radius 3 is 2.54 bits per heavy atom. The van der Waals surface area contributed by atoms with Crippen molar-refractivity contribution in [2.24, 2.45) is 0 Å². The number of fused-ring (bicyclic) bond motifs is 1. The van der Waals surface area contributed by atoms with E-state index in [0.717, 1.165) is 21.9 Å². The first-order valence-corrected chi connectivity index (χ1v) is 9.98. The number of rotatable bonds is 5. The molecule has 1 aliphatic heterocycles. The maximum Gasteiger partial charge on any atom is 0.323 e. The maximum absolute atomic E-state index is 13.2. The van der Waals surface area contributed by atoms with E-state index in [2.05, 4.69) is 10.2 Å². The van der Waals surface area contributed by atoms with E-state index in [1.54, 1.807) is 29.7 Å². The van der Waals surface area contributed by atoms with E-state index in [-0.39, 0.29) is 18.0 Å². The maximum atomic E-state index is 13.2. The van der Waals surface area contributed by atoms with E-state index in [0.29, 0.717) is 18.1 Å². The highest BCUT2D eigenvalue weighted by atomic mass is 32.2. The van der Waals surface area contributed by atoms with E-state index in [1.807, 2.05) is 13.8 Å². The molecule has 0 spiro atoms. The van der Waals surface area contributed by atoms with Crippen LogP contribution in [0.15, 0.2) is 23.1 Å². The summed E-state index contributed by atoms with van der Waals surface area (Å²) in [6.07, 6.45) is 1.52. The Morgan fingerprint density at radius 2 is 1.92 bits per heavy atom. The van der Waals surface area contributed by atoms with Gasteiger partial charge in [0, 0.05) is 0 Å². The lowest BCUT2D eigenvalue weighted by Crippen LogP contribution is -2.50. The number of hydrogen-bond acceptors (Lipinski definition) is 5. The first-order chi connectivity index (χ1) is 12.3. The molecule has 0 bridgehead atoms. The van der Waals surface area contributed by atoms with Crippen LogP contribution in [-0.4, -0.2) is 44.6 Å². The minimum absolute atomic E-state index is 0.00356. The molecule has 0 saturated heterocycles. The molecule has 140 valence electrons. The number of sulfonamides is 1. The molecule has 26 heavy (non-hydrogen) atoms. The molecule has 1 atom stereocenters. The van der Waals surface area contributed by atoms with Gasteiger partial charge in [0.1, 0.15) is 17.7 Å². The number of benzene rings is 1. The summed E-state index contributed by atoms with van der Waals surface area (Å²) in [6, 6.07) is 3.81. The van der Waals surface area contributed by atoms with E-state index >= 15 is 0 Å². The zero-order valence-corrected chi connectivity index (χ0v) is 15.8. The van der Waals surface area contributed by atoms with Crippen LogP contribution in [0.1, 0.15) is 36.6 Å². The van der Waals surface area contributed by atoms with Gasteiger partial charge in [0.2, 0.25) is 10.0 Å². The van der Waals surface area contributed by atoms with Gasteiger partial charge in [-0.25, -0.2) is 8.42 Å². The quantitative estimate of drug-likeness (QED) is 0.842. The molecule has 0 fully saturated rings. The zero-order chi connectivity index (χ0) is 19.1. The van der Waals surface area contributed by atoms with E-state index in [9.17, 15) is 18.3 Å². The van der Waals surface area contributed by atoms with Crippen LogP contribution in [0.5, 0.6) is 0 Å². The van der Waals surface area contributed by atoms with Gasteiger partial charge in [-0.15, -0.1) is 10.2 Å². The fourth-order valence-corrected chi connectivity index (χ4v) is 4.90. The molecule has 8 nitrogen and oxygen atoms in total. The van der Waals surface area contributed by atoms with Crippen molar-refractivity contribution in [1.29, 1.82) is 0 Å². The summed E-state index contributed by atoms with van der Waals surface area (Å²) in [5, 5.41) is 17.5. The Labute approximate surface area is 152 Å². The fraction of sp³-hybridized carbons (Fsp3) is 0.471. The number of aryl methyl sites for hydroxylation is 3. The smallest absolute Gasteiger partial charge is 0.323 e. The summed E-state index contributed by atoms with van der Waals surface area (Å²) in [6.45, 7) is 5.59. The minimum Gasteiger partial charge on any atom is -0.480 e. The molecule has 1 unspecified atom stereocenters. The lowest BCUT2D eigenvalue weighted by Gasteiger charge is -2.32. The average Bonchev–Trinajstić information content (AvgIpc) is 3.00. The Morgan fingerprint density at radius 1 is 1.23 bits per heavy atom. The third-order valence-corrected chi connectivity index (χ3v) is 6.69. The standard InChI is InChI=1S/C17H22N4O4S/c1-4-12-6-7-14(8-13(12)5-2)26(24,25)21-10-16-19-18-11(3)20(16)9-15(21)17(22)23/h6-8,15H,4-5,9-10H2,1-3H3,(H,22,23). The van der Waals surface area contributed by atoms with Gasteiger partial charge in [-0.1, -0.05) is 19.9 Å². The summed E-state index contributed by atoms with van der Waals surface area (Å²) in [5.41, 5.74) is 2.05. The van der Waals surface area contributed by atoms with Gasteiger partial charge in [0.15, 0.2) is 0 Å². The predicted molar refractivity (Wildman–Crippen MR) is 94.1 cm³/mol. The van der Waals surface area contributed by atoms with Crippen molar-refractivity contribution >= 4 is 16.0 Å². The van der Waals surface area contributed by atoms with Crippen molar-refractivity contribution < 1.29 is 18.3 Å². The van der Waals surface area contributed by atoms with E-state index in [4.69, 9.17) is 0 Å². The van der Waals surface area contributed by atoms with Gasteiger partial charge in [0.25, 0.3) is 0 Å². The number of nitrogens with zero attached hydrogens (tertiary/aromatic N) is 4. The second-order valence-corrected chi connectivity index (χ2v) is 8.21. The van der Waals surface area contributed by atoms with Crippen molar-refractivity contribution in [2.45, 2.75) is 57.6 Å². The van der Waals surface area contributed by atoms with Crippen molar-refractivity contribution in [3.63, 3.8) is 0 Å². The van der Waals surface area contributed by atoms with Gasteiger partial charge in [-0.2, -0.15) is 4.31 Å². The second kappa shape index (κ2) is 6.81. The number of carbonyl (C=O) groups is 1. The largest absolute Gasteiger partial charge is 0.480 e. The van der Waals surface area contributed by atoms with Crippen LogP contribution in [0, 0.1) is 6.92 Å². The summed E-state index contributed by atoms with van der Waals surface area (Å²) in [4.78, 5) is 11.9. The summed E-state index contributed by atoms with van der Waals surface area (Å²) >= 11 is 0. The Hall–Kier alpha value is -2.26. The highest BCUT2D eigenvalue weighted by Crippen LogP contribution is 2.27. The molecule has 9 heteroatoms. The normalized spacial score (nSPS) is 17.9. The highest BCUT2D eigenvalue weighted by Gasteiger charge is 2.41. The topological polar surface area (TPSA) is 105 Å². The monoisotopic (exact) mass is 378 g/mol. The van der Waals surface area contributed by atoms with Gasteiger partial charge in [-0.3, -0.25) is 4.79 Å². The average molecular weight is 378 g/mol. The Balaban J connectivity index is 2.06. The summed E-state index contributed by atoms with van der Waals surface area (Å²) < 4.78 is 29.1. The fourth-order valence-electron chi connectivity index (χ4n) is 3.32. The van der Waals surface area contributed by atoms with Crippen LogP contribution in [0.4, 0.5) is 0 Å². The number of aromatic nitrogens is 3. The van der Waals surface area contributed by atoms with Crippen LogP contribution in [-0.2, 0) is 40.7 Å². The molecule has 1 aromatic carbocycles. The molecule has 3 rings (SSSR count). The van der Waals surface area contributed by atoms with Crippen LogP contribution in [0.3, 0.4) is 0 Å². The molecule has 2 aromatic rings. The number of carboxylic acid groups (broad SMARTS) is 1. The van der Waals surface area contributed by atoms with Gasteiger partial charge in [0.05, 0.1) is 18.0 Å². The van der Waals surface area contributed by atoms with Crippen molar-refractivity contribution in [1.82, 2.24) is 19.1 Å². The summed E-state index contributed by atoms with van der Waals surface area (Å²) in [7, 11) is -3.98. The molecular weight excluding hydrogens is 356 g/mol. The number of hydrogen-bond donors (Lipinski definition) is 1. The molecular formula is C17H22N4O4S. The third-order valence-electron chi connectivity index (χ3n) is 4.84. The number of aliphatic carboxylic acids is 1. The van der Waals surface area contributed by atoms with Gasteiger partial charge >= 0.3 is 5.97 Å².